The van der Waals surface area contributed by atoms with Gasteiger partial charge in [-0.25, -0.2) is 0 Å². The number of nitrogens with two attached hydrogens (primary N) is 1. The predicted molar refractivity (Wildman–Crippen MR) is 77.0 cm³/mol. The van der Waals surface area contributed by atoms with E-state index in [0.29, 0.717) is 13.0 Å². The van der Waals surface area contributed by atoms with Crippen LogP contribution in [0.15, 0.2) is 18.2 Å². The van der Waals surface area contributed by atoms with E-state index in [1.54, 1.807) is 0 Å². The number of carbonyl (C=O) groups is 1. The molecule has 0 spiro atoms. The molecule has 0 saturated carbocycles. The minimum atomic E-state index is -0.0528. The SMILES string of the molecule is Cc1cc(N(C)C)ccc1NC(=O)C(C)CCN. The maximum Gasteiger partial charge on any atom is 0.227 e. The Morgan fingerprint density at radius 3 is 2.61 bits per heavy atom. The number of hydrogen-bond donors (Lipinski definition) is 2. The zero-order valence-corrected chi connectivity index (χ0v) is 11.7. The van der Waals surface area contributed by atoms with Crippen LogP contribution in [0.1, 0.15) is 18.9 Å². The van der Waals surface area contributed by atoms with Crippen molar-refractivity contribution in [3.63, 3.8) is 0 Å². The Morgan fingerprint density at radius 1 is 1.44 bits per heavy atom. The largest absolute Gasteiger partial charge is 0.378 e. The lowest BCUT2D eigenvalue weighted by Gasteiger charge is -2.17. The maximum atomic E-state index is 11.9. The molecule has 0 fully saturated rings. The minimum Gasteiger partial charge on any atom is -0.378 e. The standard InChI is InChI=1S/C14H23N3O/c1-10(7-8-15)14(18)16-13-6-5-12(17(3)4)9-11(13)2/h5-6,9-10H,7-8,15H2,1-4H3,(H,16,18). The lowest BCUT2D eigenvalue weighted by molar-refractivity contribution is -0.119. The quantitative estimate of drug-likeness (QED) is 0.839. The third kappa shape index (κ3) is 3.74. The molecule has 1 unspecified atom stereocenters. The minimum absolute atomic E-state index is 0.0288. The molecule has 0 aliphatic rings. The van der Waals surface area contributed by atoms with E-state index in [0.717, 1.165) is 16.9 Å². The van der Waals surface area contributed by atoms with Gasteiger partial charge in [0, 0.05) is 31.4 Å². The third-order valence-corrected chi connectivity index (χ3v) is 3.03. The Balaban J connectivity index is 2.76. The summed E-state index contributed by atoms with van der Waals surface area (Å²) in [5, 5.41) is 2.95. The highest BCUT2D eigenvalue weighted by molar-refractivity contribution is 5.93. The van der Waals surface area contributed by atoms with E-state index < -0.39 is 0 Å². The first-order valence-corrected chi connectivity index (χ1v) is 6.24. The number of hydrogen-bond acceptors (Lipinski definition) is 3. The van der Waals surface area contributed by atoms with Crippen molar-refractivity contribution < 1.29 is 4.79 Å². The first kappa shape index (κ1) is 14.5. The number of benzene rings is 1. The smallest absolute Gasteiger partial charge is 0.227 e. The highest BCUT2D eigenvalue weighted by Crippen LogP contribution is 2.22. The molecule has 0 saturated heterocycles. The molecule has 0 bridgehead atoms. The zero-order chi connectivity index (χ0) is 13.7. The Bertz CT molecular complexity index is 416. The van der Waals surface area contributed by atoms with Gasteiger partial charge in [-0.3, -0.25) is 4.79 Å². The van der Waals surface area contributed by atoms with Crippen LogP contribution in [0.5, 0.6) is 0 Å². The van der Waals surface area contributed by atoms with Crippen molar-refractivity contribution in [2.24, 2.45) is 11.7 Å². The van der Waals surface area contributed by atoms with Gasteiger partial charge in [-0.05, 0) is 43.7 Å². The fraction of sp³-hybridized carbons (Fsp3) is 0.500. The van der Waals surface area contributed by atoms with Crippen LogP contribution in [-0.4, -0.2) is 26.5 Å². The van der Waals surface area contributed by atoms with Crippen molar-refractivity contribution in [2.45, 2.75) is 20.3 Å². The molecular formula is C14H23N3O. The average molecular weight is 249 g/mol. The average Bonchev–Trinajstić information content (AvgIpc) is 2.31. The van der Waals surface area contributed by atoms with Crippen LogP contribution in [0, 0.1) is 12.8 Å². The second-order valence-electron chi connectivity index (χ2n) is 4.86. The molecule has 1 aromatic carbocycles. The highest BCUT2D eigenvalue weighted by Gasteiger charge is 2.13. The normalized spacial score (nSPS) is 12.1. The van der Waals surface area contributed by atoms with Gasteiger partial charge in [-0.2, -0.15) is 0 Å². The summed E-state index contributed by atoms with van der Waals surface area (Å²) in [6.45, 7) is 4.43. The van der Waals surface area contributed by atoms with E-state index in [-0.39, 0.29) is 11.8 Å². The second-order valence-corrected chi connectivity index (χ2v) is 4.86. The summed E-state index contributed by atoms with van der Waals surface area (Å²) in [5.41, 5.74) is 8.52. The Kier molecular flexibility index (Phi) is 5.16. The van der Waals surface area contributed by atoms with Crippen LogP contribution in [0.25, 0.3) is 0 Å². The number of aryl methyl sites for hydroxylation is 1. The number of nitrogens with one attached hydrogen (secondary N) is 1. The van der Waals surface area contributed by atoms with Crippen molar-refractivity contribution in [3.8, 4) is 0 Å². The molecule has 100 valence electrons. The van der Waals surface area contributed by atoms with Gasteiger partial charge in [-0.1, -0.05) is 6.92 Å². The van der Waals surface area contributed by atoms with Crippen LogP contribution in [-0.2, 0) is 4.79 Å². The van der Waals surface area contributed by atoms with Crippen LogP contribution in [0.4, 0.5) is 11.4 Å². The van der Waals surface area contributed by atoms with Gasteiger partial charge in [0.2, 0.25) is 5.91 Å². The van der Waals surface area contributed by atoms with E-state index >= 15 is 0 Å². The van der Waals surface area contributed by atoms with E-state index in [4.69, 9.17) is 5.73 Å². The summed E-state index contributed by atoms with van der Waals surface area (Å²) in [6, 6.07) is 6.00. The van der Waals surface area contributed by atoms with Gasteiger partial charge >= 0.3 is 0 Å². The third-order valence-electron chi connectivity index (χ3n) is 3.03. The molecule has 1 atom stereocenters. The van der Waals surface area contributed by atoms with Gasteiger partial charge in [0.05, 0.1) is 0 Å². The van der Waals surface area contributed by atoms with E-state index in [9.17, 15) is 4.79 Å². The maximum absolute atomic E-state index is 11.9. The molecule has 0 radical (unpaired) electrons. The summed E-state index contributed by atoms with van der Waals surface area (Å²) in [5.74, 6) is -0.0240. The van der Waals surface area contributed by atoms with Crippen LogP contribution < -0.4 is 16.0 Å². The summed E-state index contributed by atoms with van der Waals surface area (Å²) in [6.07, 6.45) is 0.709. The molecule has 18 heavy (non-hydrogen) atoms. The van der Waals surface area contributed by atoms with Crippen molar-refractivity contribution in [1.82, 2.24) is 0 Å². The topological polar surface area (TPSA) is 58.4 Å². The van der Waals surface area contributed by atoms with Gasteiger partial charge in [0.25, 0.3) is 0 Å². The van der Waals surface area contributed by atoms with Crippen LogP contribution in [0.3, 0.4) is 0 Å². The fourth-order valence-corrected chi connectivity index (χ4v) is 1.70. The predicted octanol–water partition coefficient (Wildman–Crippen LogP) is 1.98. The summed E-state index contributed by atoms with van der Waals surface area (Å²) in [4.78, 5) is 13.9. The fourth-order valence-electron chi connectivity index (χ4n) is 1.70. The molecule has 1 aromatic rings. The monoisotopic (exact) mass is 249 g/mol. The van der Waals surface area contributed by atoms with Gasteiger partial charge < -0.3 is 16.0 Å². The molecule has 1 rings (SSSR count). The molecule has 0 heterocycles. The van der Waals surface area contributed by atoms with Crippen molar-refractivity contribution >= 4 is 17.3 Å². The van der Waals surface area contributed by atoms with Gasteiger partial charge in [0.15, 0.2) is 0 Å². The van der Waals surface area contributed by atoms with E-state index in [1.807, 2.05) is 45.0 Å². The highest BCUT2D eigenvalue weighted by atomic mass is 16.1. The molecule has 0 aliphatic carbocycles. The number of carbonyl (C=O) groups excluding carboxylic acids is 1. The Labute approximate surface area is 109 Å². The first-order valence-electron chi connectivity index (χ1n) is 6.24. The summed E-state index contributed by atoms with van der Waals surface area (Å²) >= 11 is 0. The molecule has 3 N–H and O–H groups in total. The second kappa shape index (κ2) is 6.40. The van der Waals surface area contributed by atoms with Gasteiger partial charge in [0.1, 0.15) is 0 Å². The van der Waals surface area contributed by atoms with E-state index in [1.165, 1.54) is 0 Å². The lowest BCUT2D eigenvalue weighted by atomic mass is 10.1. The molecule has 1 amide bonds. The van der Waals surface area contributed by atoms with Crippen LogP contribution in [0.2, 0.25) is 0 Å². The number of nitrogens with zero attached hydrogens (tertiary/aromatic N) is 1. The molecule has 0 aromatic heterocycles. The van der Waals surface area contributed by atoms with Crippen molar-refractivity contribution in [2.75, 3.05) is 30.9 Å². The van der Waals surface area contributed by atoms with E-state index in [2.05, 4.69) is 11.4 Å². The lowest BCUT2D eigenvalue weighted by Crippen LogP contribution is -2.23. The molecule has 0 aliphatic heterocycles. The Morgan fingerprint density at radius 2 is 2.11 bits per heavy atom. The van der Waals surface area contributed by atoms with Crippen molar-refractivity contribution in [1.29, 1.82) is 0 Å². The Hall–Kier alpha value is -1.55. The zero-order valence-electron chi connectivity index (χ0n) is 11.7. The molecule has 4 heteroatoms. The first-order chi connectivity index (χ1) is 8.45. The van der Waals surface area contributed by atoms with Gasteiger partial charge in [-0.15, -0.1) is 0 Å². The number of amides is 1. The number of anilines is 2. The molecule has 4 nitrogen and oxygen atoms in total. The van der Waals surface area contributed by atoms with Crippen LogP contribution >= 0.6 is 0 Å². The van der Waals surface area contributed by atoms with Crippen molar-refractivity contribution in [3.05, 3.63) is 23.8 Å². The summed E-state index contributed by atoms with van der Waals surface area (Å²) in [7, 11) is 3.99. The number of rotatable bonds is 5. The molecular weight excluding hydrogens is 226 g/mol. The summed E-state index contributed by atoms with van der Waals surface area (Å²) < 4.78 is 0.